The summed E-state index contributed by atoms with van der Waals surface area (Å²) in [6.07, 6.45) is 7.85. The van der Waals surface area contributed by atoms with Crippen molar-refractivity contribution < 1.29 is 4.74 Å². The number of hydrogen-bond acceptors (Lipinski definition) is 6. The highest BCUT2D eigenvalue weighted by Crippen LogP contribution is 2.26. The zero-order chi connectivity index (χ0) is 15.5. The van der Waals surface area contributed by atoms with Crippen LogP contribution in [0.25, 0.3) is 11.0 Å². The van der Waals surface area contributed by atoms with Crippen LogP contribution in [0.1, 0.15) is 12.8 Å². The molecule has 0 radical (unpaired) electrons. The fourth-order valence-electron chi connectivity index (χ4n) is 3.67. The van der Waals surface area contributed by atoms with Gasteiger partial charge >= 0.3 is 0 Å². The number of fused-ring (bicyclic) bond motifs is 1. The minimum atomic E-state index is 0.690. The summed E-state index contributed by atoms with van der Waals surface area (Å²) in [6.45, 7) is 7.15. The summed E-state index contributed by atoms with van der Waals surface area (Å²) in [7, 11) is 0. The standard InChI is InChI=1S/C17H23N5O/c1-2-14(12-21-8-10-23-11-9-21)13-22(7-1)17-16-15(3-4-20-17)18-5-6-19-16/h3-6,14H,1-2,7-13H2/t14-/m1/s1. The van der Waals surface area contributed by atoms with Crippen molar-refractivity contribution >= 4 is 16.9 Å². The zero-order valence-electron chi connectivity index (χ0n) is 13.4. The van der Waals surface area contributed by atoms with Crippen LogP contribution in [0.5, 0.6) is 0 Å². The van der Waals surface area contributed by atoms with Gasteiger partial charge in [-0.25, -0.2) is 9.97 Å². The molecule has 0 unspecified atom stereocenters. The molecule has 2 aliphatic heterocycles. The first-order valence-corrected chi connectivity index (χ1v) is 8.51. The first kappa shape index (κ1) is 14.8. The molecular formula is C17H23N5O. The number of rotatable bonds is 3. The van der Waals surface area contributed by atoms with Gasteiger partial charge < -0.3 is 9.64 Å². The van der Waals surface area contributed by atoms with Crippen LogP contribution >= 0.6 is 0 Å². The molecule has 2 aliphatic rings. The van der Waals surface area contributed by atoms with Crippen molar-refractivity contribution in [2.45, 2.75) is 12.8 Å². The lowest BCUT2D eigenvalue weighted by Crippen LogP contribution is -2.44. The average molecular weight is 313 g/mol. The van der Waals surface area contributed by atoms with E-state index in [1.165, 1.54) is 12.8 Å². The number of hydrogen-bond donors (Lipinski definition) is 0. The molecule has 0 aliphatic carbocycles. The maximum atomic E-state index is 5.45. The summed E-state index contributed by atoms with van der Waals surface area (Å²) in [6, 6.07) is 1.93. The van der Waals surface area contributed by atoms with Crippen molar-refractivity contribution in [2.75, 3.05) is 50.8 Å². The predicted molar refractivity (Wildman–Crippen MR) is 89.5 cm³/mol. The molecule has 0 amide bonds. The smallest absolute Gasteiger partial charge is 0.156 e. The highest BCUT2D eigenvalue weighted by atomic mass is 16.5. The SMILES string of the molecule is c1cc2nccnc2c(N2CCC[C@H](CN3CCOCC3)C2)n1. The highest BCUT2D eigenvalue weighted by Gasteiger charge is 2.25. The second kappa shape index (κ2) is 6.76. The van der Waals surface area contributed by atoms with Gasteiger partial charge in [0.25, 0.3) is 0 Å². The Morgan fingerprint density at radius 3 is 2.83 bits per heavy atom. The van der Waals surface area contributed by atoms with E-state index < -0.39 is 0 Å². The Hall–Kier alpha value is -1.79. The van der Waals surface area contributed by atoms with Crippen molar-refractivity contribution in [3.05, 3.63) is 24.7 Å². The first-order chi connectivity index (χ1) is 11.4. The van der Waals surface area contributed by atoms with Gasteiger partial charge in [-0.2, -0.15) is 0 Å². The van der Waals surface area contributed by atoms with Gasteiger partial charge in [0.05, 0.1) is 18.7 Å². The Morgan fingerprint density at radius 1 is 1.04 bits per heavy atom. The van der Waals surface area contributed by atoms with Gasteiger partial charge in [0.1, 0.15) is 5.52 Å². The van der Waals surface area contributed by atoms with E-state index in [0.717, 1.165) is 62.8 Å². The summed E-state index contributed by atoms with van der Waals surface area (Å²) in [5.41, 5.74) is 1.84. The van der Waals surface area contributed by atoms with E-state index in [1.807, 2.05) is 12.3 Å². The lowest BCUT2D eigenvalue weighted by Gasteiger charge is -2.37. The van der Waals surface area contributed by atoms with Crippen molar-refractivity contribution in [2.24, 2.45) is 5.92 Å². The fourth-order valence-corrected chi connectivity index (χ4v) is 3.67. The third kappa shape index (κ3) is 3.28. The van der Waals surface area contributed by atoms with Crippen molar-refractivity contribution in [3.8, 4) is 0 Å². The normalized spacial score (nSPS) is 23.3. The molecule has 122 valence electrons. The van der Waals surface area contributed by atoms with Gasteiger partial charge in [-0.1, -0.05) is 0 Å². The molecule has 0 N–H and O–H groups in total. The minimum absolute atomic E-state index is 0.690. The van der Waals surface area contributed by atoms with E-state index in [0.29, 0.717) is 5.92 Å². The minimum Gasteiger partial charge on any atom is -0.379 e. The Labute approximate surface area is 136 Å². The molecular weight excluding hydrogens is 290 g/mol. The molecule has 2 aromatic heterocycles. The molecule has 2 fully saturated rings. The fraction of sp³-hybridized carbons (Fsp3) is 0.588. The van der Waals surface area contributed by atoms with Gasteiger partial charge in [0.2, 0.25) is 0 Å². The van der Waals surface area contributed by atoms with Crippen LogP contribution in [0.2, 0.25) is 0 Å². The van der Waals surface area contributed by atoms with Crippen LogP contribution in [-0.2, 0) is 4.74 Å². The van der Waals surface area contributed by atoms with Crippen molar-refractivity contribution in [1.29, 1.82) is 0 Å². The van der Waals surface area contributed by atoms with Gasteiger partial charge in [0, 0.05) is 51.3 Å². The Balaban J connectivity index is 1.50. The number of anilines is 1. The number of ether oxygens (including phenoxy) is 1. The molecule has 6 nitrogen and oxygen atoms in total. The molecule has 0 bridgehead atoms. The van der Waals surface area contributed by atoms with Crippen LogP contribution < -0.4 is 4.90 Å². The Kier molecular flexibility index (Phi) is 4.35. The summed E-state index contributed by atoms with van der Waals surface area (Å²) in [4.78, 5) is 18.4. The molecule has 4 heterocycles. The third-order valence-corrected chi connectivity index (χ3v) is 4.81. The molecule has 6 heteroatoms. The van der Waals surface area contributed by atoms with Gasteiger partial charge in [-0.15, -0.1) is 0 Å². The van der Waals surface area contributed by atoms with Crippen LogP contribution in [-0.4, -0.2) is 65.8 Å². The van der Waals surface area contributed by atoms with E-state index in [9.17, 15) is 0 Å². The molecule has 0 spiro atoms. The number of pyridine rings is 1. The molecule has 23 heavy (non-hydrogen) atoms. The Morgan fingerprint density at radius 2 is 1.91 bits per heavy atom. The van der Waals surface area contributed by atoms with Gasteiger partial charge in [-0.3, -0.25) is 9.88 Å². The molecule has 0 aromatic carbocycles. The molecule has 2 aromatic rings. The third-order valence-electron chi connectivity index (χ3n) is 4.81. The van der Waals surface area contributed by atoms with E-state index in [4.69, 9.17) is 4.74 Å². The molecule has 2 saturated heterocycles. The number of nitrogens with zero attached hydrogens (tertiary/aromatic N) is 5. The van der Waals surface area contributed by atoms with Crippen LogP contribution in [0, 0.1) is 5.92 Å². The summed E-state index contributed by atoms with van der Waals surface area (Å²) in [5, 5.41) is 0. The lowest BCUT2D eigenvalue weighted by atomic mass is 9.97. The molecule has 1 atom stereocenters. The average Bonchev–Trinajstić information content (AvgIpc) is 2.62. The maximum Gasteiger partial charge on any atom is 0.156 e. The highest BCUT2D eigenvalue weighted by molar-refractivity contribution is 5.85. The molecule has 4 rings (SSSR count). The predicted octanol–water partition coefficient (Wildman–Crippen LogP) is 1.57. The second-order valence-corrected chi connectivity index (χ2v) is 6.43. The number of morpholine rings is 1. The van der Waals surface area contributed by atoms with E-state index in [-0.39, 0.29) is 0 Å². The van der Waals surface area contributed by atoms with Crippen LogP contribution in [0.4, 0.5) is 5.82 Å². The largest absolute Gasteiger partial charge is 0.379 e. The van der Waals surface area contributed by atoms with E-state index in [2.05, 4.69) is 24.8 Å². The van der Waals surface area contributed by atoms with E-state index >= 15 is 0 Å². The van der Waals surface area contributed by atoms with Gasteiger partial charge in [-0.05, 0) is 24.8 Å². The van der Waals surface area contributed by atoms with Crippen LogP contribution in [0.15, 0.2) is 24.7 Å². The maximum absolute atomic E-state index is 5.45. The number of aromatic nitrogens is 3. The van der Waals surface area contributed by atoms with Crippen molar-refractivity contribution in [3.63, 3.8) is 0 Å². The first-order valence-electron chi connectivity index (χ1n) is 8.51. The summed E-state index contributed by atoms with van der Waals surface area (Å²) < 4.78 is 5.45. The molecule has 0 saturated carbocycles. The second-order valence-electron chi connectivity index (χ2n) is 6.43. The Bertz CT molecular complexity index is 653. The number of piperidine rings is 1. The summed E-state index contributed by atoms with van der Waals surface area (Å²) in [5.74, 6) is 1.68. The van der Waals surface area contributed by atoms with Crippen LogP contribution in [0.3, 0.4) is 0 Å². The van der Waals surface area contributed by atoms with Crippen molar-refractivity contribution in [1.82, 2.24) is 19.9 Å². The zero-order valence-corrected chi connectivity index (χ0v) is 13.4. The van der Waals surface area contributed by atoms with Gasteiger partial charge in [0.15, 0.2) is 5.82 Å². The monoisotopic (exact) mass is 313 g/mol. The lowest BCUT2D eigenvalue weighted by molar-refractivity contribution is 0.0296. The quantitative estimate of drug-likeness (QED) is 0.857. The summed E-state index contributed by atoms with van der Waals surface area (Å²) >= 11 is 0. The van der Waals surface area contributed by atoms with E-state index in [1.54, 1.807) is 12.4 Å². The topological polar surface area (TPSA) is 54.4 Å².